The first-order chi connectivity index (χ1) is 13.1. The Balaban J connectivity index is 2.03. The number of benzene rings is 1. The monoisotopic (exact) mass is 411 g/mol. The van der Waals surface area contributed by atoms with Gasteiger partial charge in [0.1, 0.15) is 0 Å². The number of thiazole rings is 1. The third kappa shape index (κ3) is 6.41. The molecule has 0 fully saturated rings. The Morgan fingerprint density at radius 2 is 2.04 bits per heavy atom. The number of rotatable bonds is 10. The first kappa shape index (κ1) is 21.0. The van der Waals surface area contributed by atoms with E-state index in [1.807, 2.05) is 13.8 Å². The van der Waals surface area contributed by atoms with Gasteiger partial charge in [-0.05, 0) is 38.5 Å². The highest BCUT2D eigenvalue weighted by atomic mass is 35.5. The number of ether oxygens (including phenoxy) is 3. The number of aromatic nitrogens is 1. The van der Waals surface area contributed by atoms with Gasteiger partial charge in [0.15, 0.2) is 11.5 Å². The maximum absolute atomic E-state index is 11.5. The van der Waals surface area contributed by atoms with Crippen LogP contribution in [0.15, 0.2) is 22.6 Å². The molecule has 146 valence electrons. The maximum Gasteiger partial charge on any atom is 0.311 e. The zero-order chi connectivity index (χ0) is 19.6. The molecule has 0 amide bonds. The third-order valence-corrected chi connectivity index (χ3v) is 4.25. The minimum absolute atomic E-state index is 0.141. The number of carbonyl (C=O) groups excluding carboxylic acids is 1. The number of esters is 1. The van der Waals surface area contributed by atoms with Gasteiger partial charge in [-0.25, -0.2) is 4.98 Å². The second-order valence-electron chi connectivity index (χ2n) is 5.19. The molecular weight excluding hydrogens is 390 g/mol. The van der Waals surface area contributed by atoms with E-state index in [1.54, 1.807) is 30.7 Å². The van der Waals surface area contributed by atoms with E-state index in [1.165, 1.54) is 11.3 Å². The van der Waals surface area contributed by atoms with Gasteiger partial charge in [-0.1, -0.05) is 11.6 Å². The smallest absolute Gasteiger partial charge is 0.311 e. The van der Waals surface area contributed by atoms with Gasteiger partial charge < -0.3 is 14.2 Å². The predicted octanol–water partition coefficient (Wildman–Crippen LogP) is 4.15. The van der Waals surface area contributed by atoms with Crippen LogP contribution in [0.3, 0.4) is 0 Å². The minimum Gasteiger partial charge on any atom is -0.490 e. The van der Waals surface area contributed by atoms with Gasteiger partial charge in [0.2, 0.25) is 5.13 Å². The average molecular weight is 412 g/mol. The van der Waals surface area contributed by atoms with Gasteiger partial charge in [-0.3, -0.25) is 10.2 Å². The number of nitrogens with one attached hydrogen (secondary N) is 1. The Morgan fingerprint density at radius 1 is 1.26 bits per heavy atom. The number of halogens is 1. The summed E-state index contributed by atoms with van der Waals surface area (Å²) in [7, 11) is 0. The molecular formula is C18H22ClN3O4S. The van der Waals surface area contributed by atoms with Crippen LogP contribution in [-0.2, 0) is 16.0 Å². The van der Waals surface area contributed by atoms with E-state index in [-0.39, 0.29) is 12.4 Å². The van der Waals surface area contributed by atoms with Crippen molar-refractivity contribution in [2.45, 2.75) is 27.2 Å². The zero-order valence-electron chi connectivity index (χ0n) is 15.5. The molecule has 0 spiro atoms. The molecule has 1 aromatic carbocycles. The average Bonchev–Trinajstić information content (AvgIpc) is 3.05. The molecule has 7 nitrogen and oxygen atoms in total. The molecule has 0 saturated carbocycles. The van der Waals surface area contributed by atoms with E-state index in [4.69, 9.17) is 25.8 Å². The van der Waals surface area contributed by atoms with Crippen molar-refractivity contribution in [3.63, 3.8) is 0 Å². The molecule has 2 aromatic rings. The molecule has 0 atom stereocenters. The number of hydrogen-bond donors (Lipinski definition) is 1. The topological polar surface area (TPSA) is 82.0 Å². The Hall–Kier alpha value is -2.32. The van der Waals surface area contributed by atoms with E-state index in [0.717, 1.165) is 5.56 Å². The molecule has 1 aromatic heterocycles. The van der Waals surface area contributed by atoms with Crippen molar-refractivity contribution in [3.8, 4) is 11.5 Å². The molecule has 9 heteroatoms. The van der Waals surface area contributed by atoms with Gasteiger partial charge >= 0.3 is 5.97 Å². The summed E-state index contributed by atoms with van der Waals surface area (Å²) in [4.78, 5) is 15.8. The van der Waals surface area contributed by atoms with E-state index in [0.29, 0.717) is 47.2 Å². The third-order valence-electron chi connectivity index (χ3n) is 3.18. The van der Waals surface area contributed by atoms with Crippen LogP contribution in [0.4, 0.5) is 5.13 Å². The van der Waals surface area contributed by atoms with Crippen LogP contribution in [0.2, 0.25) is 5.02 Å². The van der Waals surface area contributed by atoms with Crippen molar-refractivity contribution >= 4 is 40.3 Å². The maximum atomic E-state index is 11.5. The molecule has 27 heavy (non-hydrogen) atoms. The first-order valence-electron chi connectivity index (χ1n) is 8.55. The van der Waals surface area contributed by atoms with E-state index >= 15 is 0 Å². The predicted molar refractivity (Wildman–Crippen MR) is 107 cm³/mol. The second-order valence-corrected chi connectivity index (χ2v) is 6.46. The van der Waals surface area contributed by atoms with Crippen LogP contribution in [0.5, 0.6) is 11.5 Å². The number of hydrogen-bond acceptors (Lipinski definition) is 8. The fourth-order valence-electron chi connectivity index (χ4n) is 2.17. The van der Waals surface area contributed by atoms with Crippen LogP contribution in [0.1, 0.15) is 32.0 Å². The largest absolute Gasteiger partial charge is 0.490 e. The van der Waals surface area contributed by atoms with Crippen molar-refractivity contribution in [1.82, 2.24) is 4.98 Å². The summed E-state index contributed by atoms with van der Waals surface area (Å²) in [6, 6.07) is 3.55. The molecule has 0 radical (unpaired) electrons. The van der Waals surface area contributed by atoms with Crippen molar-refractivity contribution in [2.24, 2.45) is 5.10 Å². The Kier molecular flexibility index (Phi) is 8.35. The van der Waals surface area contributed by atoms with Gasteiger partial charge in [0.05, 0.1) is 43.2 Å². The number of anilines is 1. The molecule has 0 aliphatic carbocycles. The summed E-state index contributed by atoms with van der Waals surface area (Å²) in [6.07, 6.45) is 1.75. The molecule has 0 saturated heterocycles. The number of hydrazone groups is 1. The van der Waals surface area contributed by atoms with Crippen LogP contribution >= 0.6 is 22.9 Å². The lowest BCUT2D eigenvalue weighted by atomic mass is 10.2. The Labute approximate surface area is 167 Å². The van der Waals surface area contributed by atoms with Crippen molar-refractivity contribution < 1.29 is 19.0 Å². The first-order valence-corrected chi connectivity index (χ1v) is 9.81. The summed E-state index contributed by atoms with van der Waals surface area (Å²) in [5, 5.41) is 6.98. The molecule has 0 aliphatic rings. The van der Waals surface area contributed by atoms with Gasteiger partial charge in [-0.2, -0.15) is 5.10 Å². The van der Waals surface area contributed by atoms with E-state index in [9.17, 15) is 4.79 Å². The van der Waals surface area contributed by atoms with Crippen LogP contribution in [-0.4, -0.2) is 37.0 Å². The summed E-state index contributed by atoms with van der Waals surface area (Å²) in [5.74, 6) is 0.791. The van der Waals surface area contributed by atoms with Crippen molar-refractivity contribution in [1.29, 1.82) is 0 Å². The highest BCUT2D eigenvalue weighted by Crippen LogP contribution is 2.36. The number of nitrogens with zero attached hydrogens (tertiary/aromatic N) is 2. The second kappa shape index (κ2) is 10.7. The molecule has 1 heterocycles. The molecule has 1 N–H and O–H groups in total. The van der Waals surface area contributed by atoms with Crippen LogP contribution < -0.4 is 14.9 Å². The quantitative estimate of drug-likeness (QED) is 0.359. The SMILES string of the molecule is CCOC(=O)Cc1csc(NN=Cc2cc(Cl)c(OCC)c(OCC)c2)n1. The van der Waals surface area contributed by atoms with Crippen molar-refractivity contribution in [3.05, 3.63) is 33.8 Å². The standard InChI is InChI=1S/C18H22ClN3O4S/c1-4-24-15-8-12(7-14(19)17(15)26-6-3)10-20-22-18-21-13(11-27-18)9-16(23)25-5-2/h7-8,10-11H,4-6,9H2,1-3H3,(H,21,22). The summed E-state index contributed by atoms with van der Waals surface area (Å²) in [5.41, 5.74) is 4.23. The van der Waals surface area contributed by atoms with E-state index < -0.39 is 0 Å². The van der Waals surface area contributed by atoms with Gasteiger partial charge in [0, 0.05) is 5.38 Å². The fourth-order valence-corrected chi connectivity index (χ4v) is 3.10. The van der Waals surface area contributed by atoms with Crippen molar-refractivity contribution in [2.75, 3.05) is 25.2 Å². The molecule has 0 bridgehead atoms. The summed E-state index contributed by atoms with van der Waals surface area (Å²) >= 11 is 7.64. The Bertz CT molecular complexity index is 795. The number of carbonyl (C=O) groups is 1. The molecule has 2 rings (SSSR count). The zero-order valence-corrected chi connectivity index (χ0v) is 17.0. The molecule has 0 unspecified atom stereocenters. The van der Waals surface area contributed by atoms with Gasteiger partial charge in [-0.15, -0.1) is 11.3 Å². The minimum atomic E-state index is -0.301. The van der Waals surface area contributed by atoms with Gasteiger partial charge in [0.25, 0.3) is 0 Å². The highest BCUT2D eigenvalue weighted by Gasteiger charge is 2.12. The highest BCUT2D eigenvalue weighted by molar-refractivity contribution is 7.13. The van der Waals surface area contributed by atoms with Crippen LogP contribution in [0, 0.1) is 0 Å². The lowest BCUT2D eigenvalue weighted by Gasteiger charge is -2.13. The molecule has 0 aliphatic heterocycles. The van der Waals surface area contributed by atoms with E-state index in [2.05, 4.69) is 15.5 Å². The normalized spacial score (nSPS) is 10.8. The fraction of sp³-hybridized carbons (Fsp3) is 0.389. The lowest BCUT2D eigenvalue weighted by Crippen LogP contribution is -2.07. The Morgan fingerprint density at radius 3 is 2.74 bits per heavy atom. The lowest BCUT2D eigenvalue weighted by molar-refractivity contribution is -0.142. The van der Waals surface area contributed by atoms with Crippen LogP contribution in [0.25, 0.3) is 0 Å². The summed E-state index contributed by atoms with van der Waals surface area (Å²) in [6.45, 7) is 6.89. The summed E-state index contributed by atoms with van der Waals surface area (Å²) < 4.78 is 16.0.